The minimum atomic E-state index is 1.33. The highest BCUT2D eigenvalue weighted by Gasteiger charge is 1.58. The van der Waals surface area contributed by atoms with Gasteiger partial charge >= 0.3 is 0 Å². The first-order valence-electron chi connectivity index (χ1n) is 2.71. The van der Waals surface area contributed by atoms with E-state index in [-0.39, 0.29) is 0 Å². The molecule has 0 fully saturated rings. The highest BCUT2D eigenvalue weighted by Crippen LogP contribution is 1.73. The van der Waals surface area contributed by atoms with E-state index in [0.717, 1.165) is 0 Å². The Morgan fingerprint density at radius 3 is 1.33 bits per heavy atom. The molecule has 1 rings (SSSR count). The number of aromatic nitrogens is 1. The van der Waals surface area contributed by atoms with Crippen LogP contribution in [0.3, 0.4) is 0 Å². The van der Waals surface area contributed by atoms with Crippen molar-refractivity contribution in [1.82, 2.24) is 4.98 Å². The molecule has 0 saturated heterocycles. The van der Waals surface area contributed by atoms with Crippen LogP contribution in [0.4, 0.5) is 0 Å². The van der Waals surface area contributed by atoms with Crippen molar-refractivity contribution in [1.29, 1.82) is 10.5 Å². The van der Waals surface area contributed by atoms with Gasteiger partial charge in [-0.05, 0) is 12.1 Å². The molecule has 0 aliphatic heterocycles. The number of rotatable bonds is 0. The topological polar surface area (TPSA) is 60.5 Å². The molecule has 5 heteroatoms. The van der Waals surface area contributed by atoms with E-state index < -0.39 is 0 Å². The van der Waals surface area contributed by atoms with Gasteiger partial charge in [0.15, 0.2) is 0 Å². The first-order chi connectivity index (χ1) is 5.83. The van der Waals surface area contributed by atoms with E-state index in [2.05, 4.69) is 30.2 Å². The van der Waals surface area contributed by atoms with Gasteiger partial charge in [0.25, 0.3) is 0 Å². The molecule has 1 aromatic heterocycles. The van der Waals surface area contributed by atoms with Crippen LogP contribution in [0, 0.1) is 21.3 Å². The predicted molar refractivity (Wildman–Crippen MR) is 50.2 cm³/mol. The number of hydrogen-bond donors (Lipinski definition) is 0. The van der Waals surface area contributed by atoms with E-state index in [9.17, 15) is 0 Å². The third-order valence-corrected chi connectivity index (χ3v) is 0.566. The minimum Gasteiger partial charge on any atom is -0.696 e. The Kier molecular flexibility index (Phi) is 17.9. The van der Waals surface area contributed by atoms with E-state index in [4.69, 9.17) is 10.5 Å². The third-order valence-electron chi connectivity index (χ3n) is 0.566. The summed E-state index contributed by atoms with van der Waals surface area (Å²) in [6.45, 7) is 0. The van der Waals surface area contributed by atoms with Gasteiger partial charge in [0.1, 0.15) is 0 Å². The van der Waals surface area contributed by atoms with Crippen molar-refractivity contribution in [2.75, 3.05) is 0 Å². The average molecular weight is 195 g/mol. The molecule has 1 aromatic rings. The highest BCUT2D eigenvalue weighted by molar-refractivity contribution is 7.64. The van der Waals surface area contributed by atoms with E-state index in [1.807, 2.05) is 18.2 Å². The monoisotopic (exact) mass is 195 g/mol. The smallest absolute Gasteiger partial charge is 0.0267 e. The molecule has 62 valence electrons. The first-order valence-corrected chi connectivity index (χ1v) is 3.52. The van der Waals surface area contributed by atoms with Gasteiger partial charge in [0.05, 0.1) is 0 Å². The van der Waals surface area contributed by atoms with Gasteiger partial charge in [0, 0.05) is 12.4 Å². The summed E-state index contributed by atoms with van der Waals surface area (Å²) in [5.41, 5.74) is 0. The maximum absolute atomic E-state index is 7.13. The van der Waals surface area contributed by atoms with Crippen molar-refractivity contribution in [3.05, 3.63) is 30.6 Å². The van der Waals surface area contributed by atoms with Gasteiger partial charge in [0.2, 0.25) is 0 Å². The van der Waals surface area contributed by atoms with Crippen LogP contribution in [0.25, 0.3) is 0 Å². The van der Waals surface area contributed by atoms with E-state index in [1.54, 1.807) is 12.4 Å². The van der Waals surface area contributed by atoms with Crippen LogP contribution < -0.4 is 0 Å². The number of hydrogen-bond acceptors (Lipinski definition) is 5. The molecule has 0 aliphatic carbocycles. The first kappa shape index (κ1) is 13.2. The summed E-state index contributed by atoms with van der Waals surface area (Å²) in [5.74, 6) is 0. The fraction of sp³-hybridized carbons (Fsp3) is 0. The van der Waals surface area contributed by atoms with Gasteiger partial charge in [-0.15, -0.1) is 0 Å². The lowest BCUT2D eigenvalue weighted by molar-refractivity contribution is 1.33. The average Bonchev–Trinajstić information content (AvgIpc) is 2.10. The van der Waals surface area contributed by atoms with Crippen LogP contribution in [0.5, 0.6) is 0 Å². The SMILES string of the molecule is N#C[S-].N#C[S-].c1ccncc1. The molecular formula is C7H5N3S2-2. The van der Waals surface area contributed by atoms with Gasteiger partial charge in [-0.3, -0.25) is 4.98 Å². The normalized spacial score (nSPS) is 5.17. The molecule has 0 amide bonds. The lowest BCUT2D eigenvalue weighted by atomic mass is 10.5. The molecule has 3 nitrogen and oxygen atoms in total. The second kappa shape index (κ2) is 16.3. The van der Waals surface area contributed by atoms with Gasteiger partial charge in [-0.2, -0.15) is 0 Å². The zero-order valence-electron chi connectivity index (χ0n) is 6.04. The lowest BCUT2D eigenvalue weighted by Gasteiger charge is -1.70. The Labute approximate surface area is 82.5 Å². The van der Waals surface area contributed by atoms with Gasteiger partial charge in [-0.1, -0.05) is 16.9 Å². The van der Waals surface area contributed by atoms with Crippen LogP contribution in [-0.2, 0) is 25.3 Å². The number of nitrogens with zero attached hydrogens (tertiary/aromatic N) is 3. The standard InChI is InChI=1S/C5H5N.2CHNS/c1-2-4-6-5-3-1;2*2-1-3/h1-5H;2*3H/p-2. The Balaban J connectivity index is 0. The van der Waals surface area contributed by atoms with Gasteiger partial charge < -0.3 is 25.3 Å². The zero-order valence-corrected chi connectivity index (χ0v) is 7.68. The maximum Gasteiger partial charge on any atom is 0.0267 e. The summed E-state index contributed by atoms with van der Waals surface area (Å²) in [4.78, 5) is 3.78. The predicted octanol–water partition coefficient (Wildman–Crippen LogP) is 1.11. The van der Waals surface area contributed by atoms with Crippen LogP contribution in [0.1, 0.15) is 0 Å². The second-order valence-electron chi connectivity index (χ2n) is 1.21. The summed E-state index contributed by atoms with van der Waals surface area (Å²) in [5, 5.41) is 16.9. The molecule has 0 aromatic carbocycles. The van der Waals surface area contributed by atoms with Crippen LogP contribution in [0.15, 0.2) is 30.6 Å². The van der Waals surface area contributed by atoms with E-state index in [1.165, 1.54) is 10.8 Å². The van der Waals surface area contributed by atoms with E-state index in [0.29, 0.717) is 0 Å². The van der Waals surface area contributed by atoms with Crippen LogP contribution in [0.2, 0.25) is 0 Å². The van der Waals surface area contributed by atoms with E-state index >= 15 is 0 Å². The molecular weight excluding hydrogens is 190 g/mol. The molecule has 0 radical (unpaired) electrons. The van der Waals surface area contributed by atoms with Crippen LogP contribution >= 0.6 is 0 Å². The van der Waals surface area contributed by atoms with Crippen molar-refractivity contribution in [2.24, 2.45) is 0 Å². The molecule has 12 heavy (non-hydrogen) atoms. The molecule has 1 heterocycles. The Morgan fingerprint density at radius 2 is 1.25 bits per heavy atom. The Bertz CT molecular complexity index is 198. The zero-order chi connectivity index (χ0) is 9.66. The molecule has 0 saturated carbocycles. The van der Waals surface area contributed by atoms with Crippen molar-refractivity contribution in [3.63, 3.8) is 0 Å². The Hall–Kier alpha value is -1.43. The molecule has 0 spiro atoms. The molecule has 0 aliphatic rings. The van der Waals surface area contributed by atoms with Crippen molar-refractivity contribution in [2.45, 2.75) is 0 Å². The number of pyridine rings is 1. The Morgan fingerprint density at radius 1 is 0.917 bits per heavy atom. The maximum atomic E-state index is 7.13. The summed E-state index contributed by atoms with van der Waals surface area (Å²) in [6.07, 6.45) is 3.50. The summed E-state index contributed by atoms with van der Waals surface area (Å²) in [6, 6.07) is 5.72. The number of thiocyanates is 2. The number of nitriles is 2. The highest BCUT2D eigenvalue weighted by atomic mass is 32.1. The van der Waals surface area contributed by atoms with Crippen molar-refractivity contribution >= 4 is 25.3 Å². The largest absolute Gasteiger partial charge is 0.696 e. The van der Waals surface area contributed by atoms with Gasteiger partial charge in [-0.25, -0.2) is 10.5 Å². The quantitative estimate of drug-likeness (QED) is 0.458. The molecule has 0 unspecified atom stereocenters. The summed E-state index contributed by atoms with van der Waals surface area (Å²) >= 11 is 7.40. The fourth-order valence-electron chi connectivity index (χ4n) is 0.313. The fourth-order valence-corrected chi connectivity index (χ4v) is 0.313. The third kappa shape index (κ3) is 23.5. The molecule has 0 N–H and O–H groups in total. The summed E-state index contributed by atoms with van der Waals surface area (Å²) < 4.78 is 0. The molecule has 0 bridgehead atoms. The minimum absolute atomic E-state index is 1.33. The second-order valence-corrected chi connectivity index (χ2v) is 1.57. The van der Waals surface area contributed by atoms with Crippen molar-refractivity contribution in [3.8, 4) is 10.8 Å². The molecule has 0 atom stereocenters. The summed E-state index contributed by atoms with van der Waals surface area (Å²) in [7, 11) is 0. The van der Waals surface area contributed by atoms with Crippen LogP contribution in [-0.4, -0.2) is 4.98 Å². The van der Waals surface area contributed by atoms with Crippen molar-refractivity contribution < 1.29 is 0 Å². The lowest BCUT2D eigenvalue weighted by Crippen LogP contribution is -1.58.